The number of anilines is 2. The van der Waals surface area contributed by atoms with Gasteiger partial charge < -0.3 is 10.6 Å². The average Bonchev–Trinajstić information content (AvgIpc) is 2.53. The molecule has 23 heavy (non-hydrogen) atoms. The van der Waals surface area contributed by atoms with E-state index in [1.165, 1.54) is 11.8 Å². The molecule has 1 aliphatic rings. The molecular weight excluding hydrogens is 332 g/mol. The van der Waals surface area contributed by atoms with E-state index >= 15 is 0 Å². The molecule has 0 spiro atoms. The highest BCUT2D eigenvalue weighted by atomic mass is 35.5. The van der Waals surface area contributed by atoms with E-state index in [0.717, 1.165) is 16.1 Å². The number of hydrogen-bond donors (Lipinski definition) is 2. The molecule has 2 N–H and O–H groups in total. The number of amides is 2. The van der Waals surface area contributed by atoms with E-state index in [-0.39, 0.29) is 11.8 Å². The quantitative estimate of drug-likeness (QED) is 0.805. The van der Waals surface area contributed by atoms with Crippen molar-refractivity contribution in [1.29, 1.82) is 0 Å². The summed E-state index contributed by atoms with van der Waals surface area (Å²) in [5.74, 6) is -0.710. The third kappa shape index (κ3) is 2.82. The highest BCUT2D eigenvalue weighted by Crippen LogP contribution is 2.43. The Balaban J connectivity index is 1.90. The molecule has 6 heteroatoms. The molecular formula is C17H15ClN2O2S. The van der Waals surface area contributed by atoms with Crippen molar-refractivity contribution in [3.63, 3.8) is 0 Å². The molecule has 0 fully saturated rings. The topological polar surface area (TPSA) is 58.2 Å². The molecule has 0 bridgehead atoms. The molecule has 1 unspecified atom stereocenters. The van der Waals surface area contributed by atoms with E-state index in [2.05, 4.69) is 10.6 Å². The first-order valence-electron chi connectivity index (χ1n) is 7.08. The Kier molecular flexibility index (Phi) is 4.08. The van der Waals surface area contributed by atoms with E-state index < -0.39 is 4.75 Å². The van der Waals surface area contributed by atoms with Crippen LogP contribution in [-0.2, 0) is 9.59 Å². The Morgan fingerprint density at radius 2 is 1.96 bits per heavy atom. The number of halogens is 1. The molecule has 0 aliphatic carbocycles. The van der Waals surface area contributed by atoms with Crippen LogP contribution in [0.3, 0.4) is 0 Å². The second-order valence-electron chi connectivity index (χ2n) is 5.45. The first-order valence-corrected chi connectivity index (χ1v) is 8.27. The predicted octanol–water partition coefficient (Wildman–Crippen LogP) is 4.09. The molecule has 0 saturated heterocycles. The largest absolute Gasteiger partial charge is 0.324 e. The van der Waals surface area contributed by atoms with Crippen molar-refractivity contribution in [3.8, 4) is 0 Å². The number of nitrogens with one attached hydrogen (secondary N) is 2. The Hall–Kier alpha value is -1.98. The van der Waals surface area contributed by atoms with Crippen LogP contribution in [-0.4, -0.2) is 16.6 Å². The van der Waals surface area contributed by atoms with E-state index in [1.54, 1.807) is 25.1 Å². The lowest BCUT2D eigenvalue weighted by Gasteiger charge is -2.32. The van der Waals surface area contributed by atoms with Gasteiger partial charge in [0.25, 0.3) is 0 Å². The molecule has 0 saturated carbocycles. The van der Waals surface area contributed by atoms with E-state index in [0.29, 0.717) is 10.7 Å². The summed E-state index contributed by atoms with van der Waals surface area (Å²) < 4.78 is -1.25. The van der Waals surface area contributed by atoms with Crippen LogP contribution in [0.25, 0.3) is 0 Å². The highest BCUT2D eigenvalue weighted by Gasteiger charge is 2.45. The summed E-state index contributed by atoms with van der Waals surface area (Å²) in [6.07, 6.45) is 0. The van der Waals surface area contributed by atoms with Gasteiger partial charge in [-0.15, -0.1) is 0 Å². The number of carbonyl (C=O) groups excluding carboxylic acids is 2. The van der Waals surface area contributed by atoms with Crippen LogP contribution in [0, 0.1) is 6.92 Å². The summed E-state index contributed by atoms with van der Waals surface area (Å²) in [7, 11) is 0. The summed E-state index contributed by atoms with van der Waals surface area (Å²) in [6, 6.07) is 12.7. The normalized spacial score (nSPS) is 19.7. The number of para-hydroxylation sites is 1. The third-order valence-electron chi connectivity index (χ3n) is 3.83. The van der Waals surface area contributed by atoms with Crippen molar-refractivity contribution in [2.45, 2.75) is 23.5 Å². The monoisotopic (exact) mass is 346 g/mol. The van der Waals surface area contributed by atoms with Crippen LogP contribution >= 0.6 is 23.4 Å². The van der Waals surface area contributed by atoms with Gasteiger partial charge in [-0.25, -0.2) is 0 Å². The van der Waals surface area contributed by atoms with Crippen LogP contribution < -0.4 is 10.6 Å². The van der Waals surface area contributed by atoms with Crippen molar-refractivity contribution in [3.05, 3.63) is 53.1 Å². The lowest BCUT2D eigenvalue weighted by molar-refractivity contribution is -0.126. The lowest BCUT2D eigenvalue weighted by Crippen LogP contribution is -2.49. The molecule has 3 rings (SSSR count). The Bertz CT molecular complexity index is 809. The molecule has 2 amide bonds. The predicted molar refractivity (Wildman–Crippen MR) is 94.2 cm³/mol. The van der Waals surface area contributed by atoms with Crippen LogP contribution in [0.1, 0.15) is 12.5 Å². The Morgan fingerprint density at radius 3 is 2.74 bits per heavy atom. The first-order chi connectivity index (χ1) is 10.9. The molecule has 118 valence electrons. The Labute approximate surface area is 143 Å². The van der Waals surface area contributed by atoms with Gasteiger partial charge in [0.1, 0.15) is 0 Å². The molecule has 2 aromatic carbocycles. The smallest absolute Gasteiger partial charge is 0.250 e. The van der Waals surface area contributed by atoms with E-state index in [1.807, 2.05) is 31.2 Å². The van der Waals surface area contributed by atoms with E-state index in [9.17, 15) is 9.59 Å². The second kappa shape index (κ2) is 5.91. The maximum atomic E-state index is 12.7. The number of rotatable bonds is 2. The van der Waals surface area contributed by atoms with Gasteiger partial charge in [0, 0.05) is 15.6 Å². The van der Waals surface area contributed by atoms with Crippen molar-refractivity contribution in [2.75, 3.05) is 10.6 Å². The highest BCUT2D eigenvalue weighted by molar-refractivity contribution is 8.02. The summed E-state index contributed by atoms with van der Waals surface area (Å²) in [5, 5.41) is 6.18. The minimum absolute atomic E-state index is 0.335. The number of hydrogen-bond acceptors (Lipinski definition) is 3. The maximum absolute atomic E-state index is 12.7. The van der Waals surface area contributed by atoms with Gasteiger partial charge in [-0.3, -0.25) is 9.59 Å². The summed E-state index contributed by atoms with van der Waals surface area (Å²) in [6.45, 7) is 3.45. The van der Waals surface area contributed by atoms with Crippen LogP contribution in [0.4, 0.5) is 11.4 Å². The fourth-order valence-electron chi connectivity index (χ4n) is 2.30. The van der Waals surface area contributed by atoms with Gasteiger partial charge in [-0.1, -0.05) is 41.6 Å². The van der Waals surface area contributed by atoms with Crippen molar-refractivity contribution < 1.29 is 9.59 Å². The fourth-order valence-corrected chi connectivity index (χ4v) is 3.58. The summed E-state index contributed by atoms with van der Waals surface area (Å²) >= 11 is 7.33. The van der Waals surface area contributed by atoms with Gasteiger partial charge in [-0.05, 0) is 43.7 Å². The zero-order chi connectivity index (χ0) is 16.6. The number of benzene rings is 2. The molecule has 1 atom stereocenters. The molecule has 0 aromatic heterocycles. The van der Waals surface area contributed by atoms with Gasteiger partial charge in [0.05, 0.1) is 5.69 Å². The zero-order valence-electron chi connectivity index (χ0n) is 12.6. The van der Waals surface area contributed by atoms with Crippen LogP contribution in [0.15, 0.2) is 47.4 Å². The number of fused-ring (bicyclic) bond motifs is 1. The standard InChI is InChI=1S/C17H15ClN2O2S/c1-10-11(18)6-5-8-12(10)19-15(21)17(2)16(22)20-13-7-3-4-9-14(13)23-17/h3-9H,1-2H3,(H,19,21)(H,20,22). The zero-order valence-corrected chi connectivity index (χ0v) is 14.2. The van der Waals surface area contributed by atoms with Gasteiger partial charge >= 0.3 is 0 Å². The third-order valence-corrected chi connectivity index (χ3v) is 5.60. The molecule has 0 radical (unpaired) electrons. The maximum Gasteiger partial charge on any atom is 0.250 e. The molecule has 1 aliphatic heterocycles. The Morgan fingerprint density at radius 1 is 1.22 bits per heavy atom. The summed E-state index contributed by atoms with van der Waals surface area (Å²) in [5.41, 5.74) is 2.11. The molecule has 1 heterocycles. The average molecular weight is 347 g/mol. The van der Waals surface area contributed by atoms with E-state index in [4.69, 9.17) is 11.6 Å². The fraction of sp³-hybridized carbons (Fsp3) is 0.176. The lowest BCUT2D eigenvalue weighted by atomic mass is 10.1. The minimum Gasteiger partial charge on any atom is -0.324 e. The van der Waals surface area contributed by atoms with Crippen molar-refractivity contribution in [1.82, 2.24) is 0 Å². The van der Waals surface area contributed by atoms with Crippen molar-refractivity contribution in [2.24, 2.45) is 0 Å². The number of carbonyl (C=O) groups is 2. The van der Waals surface area contributed by atoms with Gasteiger partial charge in [0.15, 0.2) is 4.75 Å². The molecule has 4 nitrogen and oxygen atoms in total. The first kappa shape index (κ1) is 15.9. The van der Waals surface area contributed by atoms with Gasteiger partial charge in [-0.2, -0.15) is 0 Å². The van der Waals surface area contributed by atoms with Gasteiger partial charge in [0.2, 0.25) is 11.8 Å². The molecule has 2 aromatic rings. The van der Waals surface area contributed by atoms with Crippen LogP contribution in [0.5, 0.6) is 0 Å². The SMILES string of the molecule is Cc1c(Cl)cccc1NC(=O)C1(C)Sc2ccccc2NC1=O. The second-order valence-corrected chi connectivity index (χ2v) is 7.32. The van der Waals surface area contributed by atoms with Crippen molar-refractivity contribution >= 4 is 46.6 Å². The van der Waals surface area contributed by atoms with Crippen LogP contribution in [0.2, 0.25) is 5.02 Å². The number of thioether (sulfide) groups is 1. The minimum atomic E-state index is -1.25. The summed E-state index contributed by atoms with van der Waals surface area (Å²) in [4.78, 5) is 26.0.